The van der Waals surface area contributed by atoms with Crippen molar-refractivity contribution in [3.63, 3.8) is 0 Å². The van der Waals surface area contributed by atoms with Gasteiger partial charge in [0.05, 0.1) is 5.69 Å². The van der Waals surface area contributed by atoms with E-state index < -0.39 is 0 Å². The molecule has 1 aromatic carbocycles. The third-order valence-electron chi connectivity index (χ3n) is 3.88. The van der Waals surface area contributed by atoms with Crippen molar-refractivity contribution in [3.05, 3.63) is 47.0 Å². The molecule has 2 heterocycles. The highest BCUT2D eigenvalue weighted by atomic mass is 32.2. The Morgan fingerprint density at radius 1 is 1.48 bits per heavy atom. The second kappa shape index (κ2) is 6.20. The lowest BCUT2D eigenvalue weighted by molar-refractivity contribution is 0.503. The number of halogens is 1. The lowest BCUT2D eigenvalue weighted by Crippen LogP contribution is -2.24. The summed E-state index contributed by atoms with van der Waals surface area (Å²) < 4.78 is 15.4. The van der Waals surface area contributed by atoms with Gasteiger partial charge >= 0.3 is 0 Å². The minimum absolute atomic E-state index is 0.154. The van der Waals surface area contributed by atoms with Gasteiger partial charge in [-0.3, -0.25) is 4.68 Å². The smallest absolute Gasteiger partial charge is 0.123 e. The van der Waals surface area contributed by atoms with Crippen LogP contribution in [0.4, 0.5) is 4.39 Å². The predicted octanol–water partition coefficient (Wildman–Crippen LogP) is 3.45. The average molecular weight is 305 g/mol. The number of aromatic nitrogens is 2. The van der Waals surface area contributed by atoms with E-state index in [1.54, 1.807) is 12.1 Å². The SMILES string of the molecule is CCc1nn(C)cc1CNC1CCSc2ccc(F)cc21. The zero-order valence-electron chi connectivity index (χ0n) is 12.4. The topological polar surface area (TPSA) is 29.9 Å². The Labute approximate surface area is 128 Å². The summed E-state index contributed by atoms with van der Waals surface area (Å²) in [5, 5.41) is 8.04. The van der Waals surface area contributed by atoms with Crippen LogP contribution in [0.3, 0.4) is 0 Å². The number of thioether (sulfide) groups is 1. The van der Waals surface area contributed by atoms with Crippen molar-refractivity contribution < 1.29 is 4.39 Å². The van der Waals surface area contributed by atoms with E-state index in [0.29, 0.717) is 0 Å². The third-order valence-corrected chi connectivity index (χ3v) is 5.00. The Morgan fingerprint density at radius 3 is 3.14 bits per heavy atom. The van der Waals surface area contributed by atoms with Gasteiger partial charge in [0, 0.05) is 36.3 Å². The number of nitrogens with zero attached hydrogens (tertiary/aromatic N) is 2. The molecule has 21 heavy (non-hydrogen) atoms. The largest absolute Gasteiger partial charge is 0.306 e. The van der Waals surface area contributed by atoms with Gasteiger partial charge in [-0.25, -0.2) is 4.39 Å². The summed E-state index contributed by atoms with van der Waals surface area (Å²) in [6.07, 6.45) is 4.03. The average Bonchev–Trinajstić information content (AvgIpc) is 2.85. The van der Waals surface area contributed by atoms with Gasteiger partial charge in [0.2, 0.25) is 0 Å². The zero-order valence-corrected chi connectivity index (χ0v) is 13.2. The quantitative estimate of drug-likeness (QED) is 0.938. The van der Waals surface area contributed by atoms with Crippen LogP contribution >= 0.6 is 11.8 Å². The van der Waals surface area contributed by atoms with Gasteiger partial charge in [-0.15, -0.1) is 11.8 Å². The van der Waals surface area contributed by atoms with Crippen LogP contribution in [0, 0.1) is 5.82 Å². The molecule has 1 aliphatic heterocycles. The lowest BCUT2D eigenvalue weighted by Gasteiger charge is -2.26. The van der Waals surface area contributed by atoms with E-state index >= 15 is 0 Å². The monoisotopic (exact) mass is 305 g/mol. The molecule has 0 saturated carbocycles. The molecule has 1 atom stereocenters. The summed E-state index contributed by atoms with van der Waals surface area (Å²) in [6.45, 7) is 2.90. The van der Waals surface area contributed by atoms with E-state index in [0.717, 1.165) is 36.4 Å². The van der Waals surface area contributed by atoms with E-state index in [2.05, 4.69) is 23.5 Å². The molecule has 0 amide bonds. The molecule has 2 aromatic rings. The second-order valence-corrected chi connectivity index (χ2v) is 6.52. The molecule has 0 saturated heterocycles. The maximum absolute atomic E-state index is 13.5. The number of fused-ring (bicyclic) bond motifs is 1. The molecule has 112 valence electrons. The van der Waals surface area contributed by atoms with Gasteiger partial charge in [-0.05, 0) is 42.4 Å². The second-order valence-electron chi connectivity index (χ2n) is 5.38. The zero-order chi connectivity index (χ0) is 14.8. The normalized spacial score (nSPS) is 17.8. The minimum Gasteiger partial charge on any atom is -0.306 e. The van der Waals surface area contributed by atoms with Crippen LogP contribution in [-0.2, 0) is 20.0 Å². The first-order valence-corrected chi connectivity index (χ1v) is 8.33. The molecule has 0 radical (unpaired) electrons. The highest BCUT2D eigenvalue weighted by molar-refractivity contribution is 7.99. The lowest BCUT2D eigenvalue weighted by atomic mass is 10.0. The van der Waals surface area contributed by atoms with Gasteiger partial charge < -0.3 is 5.32 Å². The van der Waals surface area contributed by atoms with Crippen LogP contribution in [0.5, 0.6) is 0 Å². The van der Waals surface area contributed by atoms with Crippen molar-refractivity contribution in [2.75, 3.05) is 5.75 Å². The van der Waals surface area contributed by atoms with Gasteiger partial charge in [0.15, 0.2) is 0 Å². The predicted molar refractivity (Wildman–Crippen MR) is 83.9 cm³/mol. The van der Waals surface area contributed by atoms with Crippen LogP contribution in [0.25, 0.3) is 0 Å². The Morgan fingerprint density at radius 2 is 2.33 bits per heavy atom. The fraction of sp³-hybridized carbons (Fsp3) is 0.438. The van der Waals surface area contributed by atoms with Crippen molar-refractivity contribution >= 4 is 11.8 Å². The molecule has 3 nitrogen and oxygen atoms in total. The fourth-order valence-corrected chi connectivity index (χ4v) is 3.95. The molecule has 5 heteroatoms. The van der Waals surface area contributed by atoms with Gasteiger partial charge in [0.1, 0.15) is 5.82 Å². The molecule has 0 aliphatic carbocycles. The van der Waals surface area contributed by atoms with Crippen molar-refractivity contribution in [1.29, 1.82) is 0 Å². The van der Waals surface area contributed by atoms with Gasteiger partial charge in [-0.2, -0.15) is 5.10 Å². The summed E-state index contributed by atoms with van der Waals surface area (Å²) in [6, 6.07) is 5.33. The van der Waals surface area contributed by atoms with Crippen molar-refractivity contribution in [3.8, 4) is 0 Å². The third kappa shape index (κ3) is 3.14. The van der Waals surface area contributed by atoms with Gasteiger partial charge in [0.25, 0.3) is 0 Å². The van der Waals surface area contributed by atoms with Crippen LogP contribution in [0.2, 0.25) is 0 Å². The first-order valence-electron chi connectivity index (χ1n) is 7.34. The van der Waals surface area contributed by atoms with Crippen molar-refractivity contribution in [2.24, 2.45) is 7.05 Å². The van der Waals surface area contributed by atoms with Crippen LogP contribution in [-0.4, -0.2) is 15.5 Å². The Bertz CT molecular complexity index is 638. The summed E-state index contributed by atoms with van der Waals surface area (Å²) in [4.78, 5) is 1.20. The number of nitrogens with one attached hydrogen (secondary N) is 1. The summed E-state index contributed by atoms with van der Waals surface area (Å²) in [5.74, 6) is 0.919. The summed E-state index contributed by atoms with van der Waals surface area (Å²) >= 11 is 1.81. The number of hydrogen-bond donors (Lipinski definition) is 1. The minimum atomic E-state index is -0.154. The molecule has 0 bridgehead atoms. The number of benzene rings is 1. The highest BCUT2D eigenvalue weighted by Crippen LogP contribution is 2.36. The number of rotatable bonds is 4. The van der Waals surface area contributed by atoms with Crippen molar-refractivity contribution in [2.45, 2.75) is 37.2 Å². The number of aryl methyl sites for hydroxylation is 2. The highest BCUT2D eigenvalue weighted by Gasteiger charge is 2.21. The fourth-order valence-electron chi connectivity index (χ4n) is 2.84. The summed E-state index contributed by atoms with van der Waals surface area (Å²) in [5.41, 5.74) is 3.46. The molecule has 1 aromatic heterocycles. The van der Waals surface area contributed by atoms with Crippen LogP contribution in [0.15, 0.2) is 29.3 Å². The van der Waals surface area contributed by atoms with Crippen LogP contribution in [0.1, 0.15) is 36.2 Å². The first-order chi connectivity index (χ1) is 10.2. The van der Waals surface area contributed by atoms with Crippen LogP contribution < -0.4 is 5.32 Å². The Balaban J connectivity index is 1.76. The molecule has 1 unspecified atom stereocenters. The molecule has 1 aliphatic rings. The molecule has 0 spiro atoms. The summed E-state index contributed by atoms with van der Waals surface area (Å²) in [7, 11) is 1.95. The molecule has 1 N–H and O–H groups in total. The Hall–Kier alpha value is -1.33. The van der Waals surface area contributed by atoms with E-state index in [-0.39, 0.29) is 11.9 Å². The maximum atomic E-state index is 13.5. The van der Waals surface area contributed by atoms with E-state index in [1.165, 1.54) is 10.5 Å². The van der Waals surface area contributed by atoms with E-state index in [9.17, 15) is 4.39 Å². The molecular weight excluding hydrogens is 285 g/mol. The molecule has 3 rings (SSSR count). The Kier molecular flexibility index (Phi) is 4.31. The number of hydrogen-bond acceptors (Lipinski definition) is 3. The van der Waals surface area contributed by atoms with Crippen molar-refractivity contribution in [1.82, 2.24) is 15.1 Å². The molecule has 0 fully saturated rings. The van der Waals surface area contributed by atoms with E-state index in [1.807, 2.05) is 29.6 Å². The maximum Gasteiger partial charge on any atom is 0.123 e. The van der Waals surface area contributed by atoms with E-state index in [4.69, 9.17) is 0 Å². The standard InChI is InChI=1S/C16H20FN3S/c1-3-14-11(10-20(2)19-14)9-18-15-6-7-21-16-5-4-12(17)8-13(15)16/h4-5,8,10,15,18H,3,6-7,9H2,1-2H3. The first kappa shape index (κ1) is 14.6. The molecular formula is C16H20FN3S. The van der Waals surface area contributed by atoms with Gasteiger partial charge in [-0.1, -0.05) is 6.92 Å².